The standard InChI is InChI=1S/C10H16N4O/c1-3-9(12-7-5-4-6-11)10-13-8(2)15-14-10/h9,12H,3-5,7H2,1-2H3/t9-/m1/s1. The summed E-state index contributed by atoms with van der Waals surface area (Å²) >= 11 is 0. The van der Waals surface area contributed by atoms with Crippen LogP contribution in [-0.4, -0.2) is 16.7 Å². The first-order valence-corrected chi connectivity index (χ1v) is 5.18. The van der Waals surface area contributed by atoms with Gasteiger partial charge in [0, 0.05) is 13.3 Å². The van der Waals surface area contributed by atoms with Gasteiger partial charge in [-0.25, -0.2) is 0 Å². The van der Waals surface area contributed by atoms with Crippen LogP contribution in [0.15, 0.2) is 4.52 Å². The van der Waals surface area contributed by atoms with Gasteiger partial charge >= 0.3 is 0 Å². The number of rotatable bonds is 6. The molecule has 15 heavy (non-hydrogen) atoms. The lowest BCUT2D eigenvalue weighted by Crippen LogP contribution is -2.22. The van der Waals surface area contributed by atoms with Gasteiger partial charge in [0.15, 0.2) is 5.82 Å². The molecule has 1 aromatic rings. The minimum atomic E-state index is 0.126. The van der Waals surface area contributed by atoms with Crippen molar-refractivity contribution < 1.29 is 4.52 Å². The summed E-state index contributed by atoms with van der Waals surface area (Å²) in [7, 11) is 0. The van der Waals surface area contributed by atoms with Gasteiger partial charge in [0.05, 0.1) is 12.1 Å². The lowest BCUT2D eigenvalue weighted by Gasteiger charge is -2.11. The zero-order chi connectivity index (χ0) is 11.1. The average molecular weight is 208 g/mol. The van der Waals surface area contributed by atoms with Crippen molar-refractivity contribution in [2.75, 3.05) is 6.54 Å². The van der Waals surface area contributed by atoms with Crippen LogP contribution >= 0.6 is 0 Å². The molecule has 0 aliphatic carbocycles. The predicted molar refractivity (Wildman–Crippen MR) is 54.9 cm³/mol. The number of nitrogens with one attached hydrogen (secondary N) is 1. The van der Waals surface area contributed by atoms with E-state index < -0.39 is 0 Å². The Morgan fingerprint density at radius 3 is 2.93 bits per heavy atom. The van der Waals surface area contributed by atoms with Gasteiger partial charge in [-0.05, 0) is 19.4 Å². The third-order valence-corrected chi connectivity index (χ3v) is 2.12. The van der Waals surface area contributed by atoms with Crippen LogP contribution in [0.25, 0.3) is 0 Å². The van der Waals surface area contributed by atoms with Crippen molar-refractivity contribution in [2.24, 2.45) is 0 Å². The molecule has 0 saturated heterocycles. The van der Waals surface area contributed by atoms with Crippen molar-refractivity contribution in [3.05, 3.63) is 11.7 Å². The highest BCUT2D eigenvalue weighted by atomic mass is 16.5. The summed E-state index contributed by atoms with van der Waals surface area (Å²) in [5.74, 6) is 1.29. The zero-order valence-corrected chi connectivity index (χ0v) is 9.16. The van der Waals surface area contributed by atoms with Crippen molar-refractivity contribution >= 4 is 0 Å². The van der Waals surface area contributed by atoms with E-state index in [2.05, 4.69) is 28.5 Å². The Labute approximate surface area is 89.5 Å². The Hall–Kier alpha value is -1.41. The van der Waals surface area contributed by atoms with E-state index in [9.17, 15) is 0 Å². The average Bonchev–Trinajstić information content (AvgIpc) is 2.65. The molecule has 1 aromatic heterocycles. The molecule has 0 bridgehead atoms. The van der Waals surface area contributed by atoms with E-state index in [1.165, 1.54) is 0 Å². The molecule has 82 valence electrons. The molecule has 0 aliphatic heterocycles. The molecular weight excluding hydrogens is 192 g/mol. The van der Waals surface area contributed by atoms with E-state index in [4.69, 9.17) is 9.78 Å². The number of aryl methyl sites for hydroxylation is 1. The highest BCUT2D eigenvalue weighted by molar-refractivity contribution is 4.92. The number of aromatic nitrogens is 2. The SMILES string of the molecule is CC[C@@H](NCCCC#N)c1noc(C)n1. The maximum atomic E-state index is 8.39. The summed E-state index contributed by atoms with van der Waals surface area (Å²) in [4.78, 5) is 4.18. The fourth-order valence-electron chi connectivity index (χ4n) is 1.32. The lowest BCUT2D eigenvalue weighted by molar-refractivity contribution is 0.374. The predicted octanol–water partition coefficient (Wildman–Crippen LogP) is 1.72. The fraction of sp³-hybridized carbons (Fsp3) is 0.700. The molecule has 1 N–H and O–H groups in total. The second-order valence-corrected chi connectivity index (χ2v) is 3.35. The second kappa shape index (κ2) is 6.14. The quantitative estimate of drug-likeness (QED) is 0.720. The molecule has 5 heteroatoms. The van der Waals surface area contributed by atoms with Gasteiger partial charge in [0.25, 0.3) is 0 Å². The highest BCUT2D eigenvalue weighted by Gasteiger charge is 2.13. The number of hydrogen-bond acceptors (Lipinski definition) is 5. The first-order chi connectivity index (χ1) is 7.27. The van der Waals surface area contributed by atoms with Crippen LogP contribution in [0, 0.1) is 18.3 Å². The monoisotopic (exact) mass is 208 g/mol. The van der Waals surface area contributed by atoms with Crippen LogP contribution < -0.4 is 5.32 Å². The Morgan fingerprint density at radius 2 is 2.40 bits per heavy atom. The summed E-state index contributed by atoms with van der Waals surface area (Å²) < 4.78 is 4.92. The van der Waals surface area contributed by atoms with Gasteiger partial charge < -0.3 is 9.84 Å². The number of unbranched alkanes of at least 4 members (excludes halogenated alkanes) is 1. The van der Waals surface area contributed by atoms with Crippen molar-refractivity contribution in [2.45, 2.75) is 39.2 Å². The van der Waals surface area contributed by atoms with Crippen LogP contribution in [0.1, 0.15) is 43.9 Å². The normalized spacial score (nSPS) is 12.3. The minimum Gasteiger partial charge on any atom is -0.340 e. The van der Waals surface area contributed by atoms with Crippen LogP contribution in [0.2, 0.25) is 0 Å². The second-order valence-electron chi connectivity index (χ2n) is 3.35. The fourth-order valence-corrected chi connectivity index (χ4v) is 1.32. The summed E-state index contributed by atoms with van der Waals surface area (Å²) in [5.41, 5.74) is 0. The third kappa shape index (κ3) is 3.68. The molecule has 0 aromatic carbocycles. The van der Waals surface area contributed by atoms with Gasteiger partial charge in [-0.3, -0.25) is 0 Å². The number of hydrogen-bond donors (Lipinski definition) is 1. The van der Waals surface area contributed by atoms with Crippen molar-refractivity contribution in [1.82, 2.24) is 15.5 Å². The van der Waals surface area contributed by atoms with Crippen LogP contribution in [0.4, 0.5) is 0 Å². The van der Waals surface area contributed by atoms with E-state index in [1.54, 1.807) is 6.92 Å². The van der Waals surface area contributed by atoms with Crippen molar-refractivity contribution in [1.29, 1.82) is 5.26 Å². The van der Waals surface area contributed by atoms with E-state index in [-0.39, 0.29) is 6.04 Å². The lowest BCUT2D eigenvalue weighted by atomic mass is 10.2. The molecule has 0 unspecified atom stereocenters. The molecule has 1 rings (SSSR count). The van der Waals surface area contributed by atoms with Gasteiger partial charge in [-0.15, -0.1) is 0 Å². The highest BCUT2D eigenvalue weighted by Crippen LogP contribution is 2.12. The van der Waals surface area contributed by atoms with E-state index >= 15 is 0 Å². The third-order valence-electron chi connectivity index (χ3n) is 2.12. The Kier molecular flexibility index (Phi) is 4.78. The molecule has 0 radical (unpaired) electrons. The Bertz CT molecular complexity index is 328. The van der Waals surface area contributed by atoms with E-state index in [0.717, 1.165) is 19.4 Å². The zero-order valence-electron chi connectivity index (χ0n) is 9.16. The topological polar surface area (TPSA) is 74.7 Å². The van der Waals surface area contributed by atoms with Crippen molar-refractivity contribution in [3.8, 4) is 6.07 Å². The molecular formula is C10H16N4O. The summed E-state index contributed by atoms with van der Waals surface area (Å²) in [6.07, 6.45) is 2.34. The molecule has 0 saturated carbocycles. The first kappa shape index (κ1) is 11.7. The molecule has 1 heterocycles. The summed E-state index contributed by atoms with van der Waals surface area (Å²) in [5, 5.41) is 15.6. The number of nitriles is 1. The Balaban J connectivity index is 2.40. The summed E-state index contributed by atoms with van der Waals surface area (Å²) in [6, 6.07) is 2.24. The van der Waals surface area contributed by atoms with Crippen molar-refractivity contribution in [3.63, 3.8) is 0 Å². The molecule has 1 atom stereocenters. The van der Waals surface area contributed by atoms with Gasteiger partial charge in [0.1, 0.15) is 0 Å². The van der Waals surface area contributed by atoms with Gasteiger partial charge in [-0.1, -0.05) is 12.1 Å². The molecule has 0 aliphatic rings. The van der Waals surface area contributed by atoms with E-state index in [0.29, 0.717) is 18.1 Å². The maximum absolute atomic E-state index is 8.39. The molecule has 5 nitrogen and oxygen atoms in total. The van der Waals surface area contributed by atoms with Crippen LogP contribution in [0.5, 0.6) is 0 Å². The largest absolute Gasteiger partial charge is 0.340 e. The minimum absolute atomic E-state index is 0.126. The van der Waals surface area contributed by atoms with Crippen LogP contribution in [-0.2, 0) is 0 Å². The Morgan fingerprint density at radius 1 is 1.60 bits per heavy atom. The van der Waals surface area contributed by atoms with E-state index in [1.807, 2.05) is 0 Å². The van der Waals surface area contributed by atoms with Gasteiger partial charge in [0.2, 0.25) is 5.89 Å². The van der Waals surface area contributed by atoms with Crippen LogP contribution in [0.3, 0.4) is 0 Å². The maximum Gasteiger partial charge on any atom is 0.223 e. The van der Waals surface area contributed by atoms with Gasteiger partial charge in [-0.2, -0.15) is 10.2 Å². The molecule has 0 spiro atoms. The number of nitrogens with zero attached hydrogens (tertiary/aromatic N) is 3. The summed E-state index contributed by atoms with van der Waals surface area (Å²) in [6.45, 7) is 4.65. The molecule has 0 amide bonds. The first-order valence-electron chi connectivity index (χ1n) is 5.18. The smallest absolute Gasteiger partial charge is 0.223 e. The molecule has 0 fully saturated rings.